The molecular weight excluding hydrogens is 354 g/mol. The lowest BCUT2D eigenvalue weighted by Gasteiger charge is -2.36. The molecule has 25 heavy (non-hydrogen) atoms. The molecule has 0 aliphatic carbocycles. The predicted molar refractivity (Wildman–Crippen MR) is 107 cm³/mol. The Morgan fingerprint density at radius 3 is 2.60 bits per heavy atom. The SMILES string of the molecule is CCNC(=NCc1ccc(S(C)(=O)=O)cc1)N1CCSC(C(C)C)C1. The third-order valence-corrected chi connectivity index (χ3v) is 6.90. The summed E-state index contributed by atoms with van der Waals surface area (Å²) < 4.78 is 23.1. The molecule has 0 amide bonds. The molecule has 1 saturated heterocycles. The van der Waals surface area contributed by atoms with Crippen molar-refractivity contribution in [3.8, 4) is 0 Å². The van der Waals surface area contributed by atoms with E-state index in [0.29, 0.717) is 22.6 Å². The van der Waals surface area contributed by atoms with E-state index in [1.54, 1.807) is 12.1 Å². The monoisotopic (exact) mass is 383 g/mol. The molecule has 1 atom stereocenters. The first-order valence-electron chi connectivity index (χ1n) is 8.75. The quantitative estimate of drug-likeness (QED) is 0.626. The van der Waals surface area contributed by atoms with E-state index in [9.17, 15) is 8.42 Å². The minimum Gasteiger partial charge on any atom is -0.357 e. The van der Waals surface area contributed by atoms with Crippen molar-refractivity contribution in [2.75, 3.05) is 31.6 Å². The Bertz CT molecular complexity index is 685. The molecule has 1 aliphatic rings. The van der Waals surface area contributed by atoms with Crippen molar-refractivity contribution in [1.29, 1.82) is 0 Å². The number of aliphatic imine (C=N–C) groups is 1. The average molecular weight is 384 g/mol. The van der Waals surface area contributed by atoms with Crippen molar-refractivity contribution < 1.29 is 8.42 Å². The molecular formula is C18H29N3O2S2. The lowest BCUT2D eigenvalue weighted by atomic mass is 10.1. The van der Waals surface area contributed by atoms with Crippen LogP contribution in [0.1, 0.15) is 26.3 Å². The molecule has 0 radical (unpaired) electrons. The molecule has 1 aliphatic heterocycles. The topological polar surface area (TPSA) is 61.8 Å². The van der Waals surface area contributed by atoms with Crippen LogP contribution < -0.4 is 5.32 Å². The smallest absolute Gasteiger partial charge is 0.194 e. The fourth-order valence-corrected chi connectivity index (χ4v) is 4.63. The van der Waals surface area contributed by atoms with Crippen LogP contribution in [0, 0.1) is 5.92 Å². The van der Waals surface area contributed by atoms with Crippen molar-refractivity contribution in [2.45, 2.75) is 37.5 Å². The van der Waals surface area contributed by atoms with E-state index >= 15 is 0 Å². The number of thioether (sulfide) groups is 1. The number of nitrogens with one attached hydrogen (secondary N) is 1. The minimum atomic E-state index is -3.15. The second-order valence-electron chi connectivity index (χ2n) is 6.69. The molecule has 0 aromatic heterocycles. The normalized spacial score (nSPS) is 19.3. The van der Waals surface area contributed by atoms with Crippen molar-refractivity contribution in [1.82, 2.24) is 10.2 Å². The van der Waals surface area contributed by atoms with E-state index in [-0.39, 0.29) is 0 Å². The molecule has 1 heterocycles. The van der Waals surface area contributed by atoms with E-state index < -0.39 is 9.84 Å². The van der Waals surface area contributed by atoms with E-state index in [0.717, 1.165) is 36.9 Å². The van der Waals surface area contributed by atoms with Crippen molar-refractivity contribution in [3.63, 3.8) is 0 Å². The molecule has 1 N–H and O–H groups in total. The standard InChI is InChI=1S/C18H29N3O2S2/c1-5-19-18(21-10-11-24-17(13-21)14(2)3)20-12-15-6-8-16(9-7-15)25(4,22)23/h6-9,14,17H,5,10-13H2,1-4H3,(H,19,20). The molecule has 5 nitrogen and oxygen atoms in total. The van der Waals surface area contributed by atoms with Gasteiger partial charge in [0.15, 0.2) is 15.8 Å². The summed E-state index contributed by atoms with van der Waals surface area (Å²) >= 11 is 2.05. The number of hydrogen-bond donors (Lipinski definition) is 1. The van der Waals surface area contributed by atoms with Gasteiger partial charge in [-0.1, -0.05) is 26.0 Å². The van der Waals surface area contributed by atoms with Crippen LogP contribution in [0.3, 0.4) is 0 Å². The fourth-order valence-electron chi connectivity index (χ4n) is 2.71. The average Bonchev–Trinajstić information content (AvgIpc) is 2.58. The van der Waals surface area contributed by atoms with Crippen molar-refractivity contribution >= 4 is 27.6 Å². The second kappa shape index (κ2) is 8.94. The molecule has 2 rings (SSSR count). The van der Waals surface area contributed by atoms with E-state index in [1.807, 2.05) is 23.9 Å². The third-order valence-electron chi connectivity index (χ3n) is 4.23. The van der Waals surface area contributed by atoms with Crippen LogP contribution in [0.25, 0.3) is 0 Å². The fraction of sp³-hybridized carbons (Fsp3) is 0.611. The van der Waals surface area contributed by atoms with Gasteiger partial charge in [0.2, 0.25) is 0 Å². The number of hydrogen-bond acceptors (Lipinski definition) is 4. The van der Waals surface area contributed by atoms with Crippen LogP contribution in [0.4, 0.5) is 0 Å². The summed E-state index contributed by atoms with van der Waals surface area (Å²) in [5.41, 5.74) is 1.01. The van der Waals surface area contributed by atoms with Gasteiger partial charge in [-0.2, -0.15) is 11.8 Å². The minimum absolute atomic E-state index is 0.347. The molecule has 0 spiro atoms. The number of guanidine groups is 1. The van der Waals surface area contributed by atoms with Gasteiger partial charge in [0, 0.05) is 36.9 Å². The summed E-state index contributed by atoms with van der Waals surface area (Å²) in [6, 6.07) is 6.98. The van der Waals surface area contributed by atoms with Crippen LogP contribution in [0.5, 0.6) is 0 Å². The lowest BCUT2D eigenvalue weighted by Crippen LogP contribution is -2.49. The maximum absolute atomic E-state index is 11.5. The molecule has 0 saturated carbocycles. The van der Waals surface area contributed by atoms with Gasteiger partial charge in [-0.15, -0.1) is 0 Å². The van der Waals surface area contributed by atoms with Crippen LogP contribution in [-0.4, -0.2) is 56.2 Å². The summed E-state index contributed by atoms with van der Waals surface area (Å²) in [7, 11) is -3.15. The highest BCUT2D eigenvalue weighted by atomic mass is 32.2. The van der Waals surface area contributed by atoms with Crippen molar-refractivity contribution in [3.05, 3.63) is 29.8 Å². The van der Waals surface area contributed by atoms with E-state index in [1.165, 1.54) is 6.26 Å². The molecule has 7 heteroatoms. The molecule has 1 aromatic carbocycles. The summed E-state index contributed by atoms with van der Waals surface area (Å²) in [5, 5.41) is 4.02. The first-order valence-corrected chi connectivity index (χ1v) is 11.7. The van der Waals surface area contributed by atoms with Gasteiger partial charge in [0.25, 0.3) is 0 Å². The number of rotatable bonds is 5. The number of benzene rings is 1. The van der Waals surface area contributed by atoms with Gasteiger partial charge in [0.1, 0.15) is 0 Å². The maximum atomic E-state index is 11.5. The molecule has 0 bridgehead atoms. The zero-order valence-corrected chi connectivity index (χ0v) is 17.2. The number of sulfone groups is 1. The second-order valence-corrected chi connectivity index (χ2v) is 10.0. The largest absolute Gasteiger partial charge is 0.357 e. The highest BCUT2D eigenvalue weighted by molar-refractivity contribution is 8.00. The summed E-state index contributed by atoms with van der Waals surface area (Å²) in [6.45, 7) is 10.0. The molecule has 140 valence electrons. The van der Waals surface area contributed by atoms with Crippen LogP contribution in [0.2, 0.25) is 0 Å². The van der Waals surface area contributed by atoms with Crippen LogP contribution >= 0.6 is 11.8 Å². The van der Waals surface area contributed by atoms with E-state index in [4.69, 9.17) is 4.99 Å². The molecule has 1 unspecified atom stereocenters. The van der Waals surface area contributed by atoms with Gasteiger partial charge < -0.3 is 10.2 Å². The van der Waals surface area contributed by atoms with Crippen LogP contribution in [-0.2, 0) is 16.4 Å². The molecule has 1 aromatic rings. The Kier molecular flexibility index (Phi) is 7.19. The van der Waals surface area contributed by atoms with Crippen LogP contribution in [0.15, 0.2) is 34.2 Å². The lowest BCUT2D eigenvalue weighted by molar-refractivity contribution is 0.381. The zero-order valence-electron chi connectivity index (χ0n) is 15.5. The van der Waals surface area contributed by atoms with Gasteiger partial charge in [-0.05, 0) is 30.5 Å². The zero-order chi connectivity index (χ0) is 18.4. The Balaban J connectivity index is 2.09. The highest BCUT2D eigenvalue weighted by Gasteiger charge is 2.24. The summed E-state index contributed by atoms with van der Waals surface area (Å²) in [6.07, 6.45) is 1.23. The van der Waals surface area contributed by atoms with E-state index in [2.05, 4.69) is 31.0 Å². The maximum Gasteiger partial charge on any atom is 0.194 e. The van der Waals surface area contributed by atoms with Gasteiger partial charge in [-0.25, -0.2) is 13.4 Å². The third kappa shape index (κ3) is 5.92. The Hall–Kier alpha value is -1.21. The molecule has 1 fully saturated rings. The van der Waals surface area contributed by atoms with Gasteiger partial charge in [0.05, 0.1) is 11.4 Å². The van der Waals surface area contributed by atoms with Crippen molar-refractivity contribution in [2.24, 2.45) is 10.9 Å². The Morgan fingerprint density at radius 2 is 2.04 bits per heavy atom. The predicted octanol–water partition coefficient (Wildman–Crippen LogP) is 2.63. The van der Waals surface area contributed by atoms with Gasteiger partial charge in [-0.3, -0.25) is 0 Å². The Morgan fingerprint density at radius 1 is 1.36 bits per heavy atom. The van der Waals surface area contributed by atoms with Gasteiger partial charge >= 0.3 is 0 Å². The first-order chi connectivity index (χ1) is 11.8. The highest BCUT2D eigenvalue weighted by Crippen LogP contribution is 2.25. The number of nitrogens with zero attached hydrogens (tertiary/aromatic N) is 2. The Labute approximate surface area is 156 Å². The summed E-state index contributed by atoms with van der Waals surface area (Å²) in [4.78, 5) is 7.46. The summed E-state index contributed by atoms with van der Waals surface area (Å²) in [5.74, 6) is 2.72. The first kappa shape index (κ1) is 20.1.